The Balaban J connectivity index is 2.77. The highest BCUT2D eigenvalue weighted by atomic mass is 15.2. The monoisotopic (exact) mass is 212 g/mol. The molecule has 0 radical (unpaired) electrons. The highest BCUT2D eigenvalue weighted by Gasteiger charge is 2.38. The summed E-state index contributed by atoms with van der Waals surface area (Å²) in [7, 11) is 0. The molecular formula is C13H28N2. The maximum Gasteiger partial charge on any atom is 0.0331 e. The van der Waals surface area contributed by atoms with Crippen molar-refractivity contribution in [2.75, 3.05) is 13.1 Å². The molecule has 2 N–H and O–H groups in total. The predicted molar refractivity (Wildman–Crippen MR) is 67.0 cm³/mol. The van der Waals surface area contributed by atoms with Crippen molar-refractivity contribution in [3.63, 3.8) is 0 Å². The molecule has 1 heterocycles. The van der Waals surface area contributed by atoms with Gasteiger partial charge < -0.3 is 5.73 Å². The summed E-state index contributed by atoms with van der Waals surface area (Å²) >= 11 is 0. The minimum absolute atomic E-state index is 0.298. The van der Waals surface area contributed by atoms with Gasteiger partial charge in [0.15, 0.2) is 0 Å². The third kappa shape index (κ3) is 2.54. The molecule has 1 aliphatic heterocycles. The molecule has 0 aromatic carbocycles. The molecule has 0 spiro atoms. The number of hydrogen-bond acceptors (Lipinski definition) is 2. The van der Waals surface area contributed by atoms with Crippen molar-refractivity contribution in [2.45, 2.75) is 70.9 Å². The van der Waals surface area contributed by atoms with Crippen LogP contribution in [0.25, 0.3) is 0 Å². The standard InChI is InChI=1S/C13H28N2/c1-4-9-13(6-3,11-14)15-10-7-8-12(15)5-2/h12H,4-11,14H2,1-3H3. The molecule has 2 atom stereocenters. The van der Waals surface area contributed by atoms with Gasteiger partial charge in [0, 0.05) is 18.1 Å². The minimum Gasteiger partial charge on any atom is -0.329 e. The van der Waals surface area contributed by atoms with E-state index in [-0.39, 0.29) is 0 Å². The molecule has 2 unspecified atom stereocenters. The average molecular weight is 212 g/mol. The van der Waals surface area contributed by atoms with Crippen molar-refractivity contribution in [1.29, 1.82) is 0 Å². The van der Waals surface area contributed by atoms with Crippen LogP contribution in [-0.4, -0.2) is 29.6 Å². The maximum absolute atomic E-state index is 6.06. The Labute approximate surface area is 95.2 Å². The van der Waals surface area contributed by atoms with Crippen LogP contribution in [0.3, 0.4) is 0 Å². The summed E-state index contributed by atoms with van der Waals surface area (Å²) < 4.78 is 0. The molecule has 1 aliphatic rings. The minimum atomic E-state index is 0.298. The van der Waals surface area contributed by atoms with E-state index in [1.807, 2.05) is 0 Å². The fourth-order valence-electron chi connectivity index (χ4n) is 3.24. The topological polar surface area (TPSA) is 29.3 Å². The molecule has 2 nitrogen and oxygen atoms in total. The summed E-state index contributed by atoms with van der Waals surface area (Å²) in [6.07, 6.45) is 7.74. The average Bonchev–Trinajstić information content (AvgIpc) is 2.74. The first kappa shape index (κ1) is 13.0. The normalized spacial score (nSPS) is 26.8. The quantitative estimate of drug-likeness (QED) is 0.733. The van der Waals surface area contributed by atoms with Crippen LogP contribution >= 0.6 is 0 Å². The van der Waals surface area contributed by atoms with Gasteiger partial charge in [-0.25, -0.2) is 0 Å². The van der Waals surface area contributed by atoms with E-state index in [0.717, 1.165) is 12.6 Å². The van der Waals surface area contributed by atoms with Gasteiger partial charge in [0.25, 0.3) is 0 Å². The summed E-state index contributed by atoms with van der Waals surface area (Å²) in [4.78, 5) is 2.72. The summed E-state index contributed by atoms with van der Waals surface area (Å²) in [5.74, 6) is 0. The zero-order valence-electron chi connectivity index (χ0n) is 10.8. The Kier molecular flexibility index (Phi) is 5.07. The van der Waals surface area contributed by atoms with Gasteiger partial charge in [-0.1, -0.05) is 27.2 Å². The number of nitrogens with zero attached hydrogens (tertiary/aromatic N) is 1. The maximum atomic E-state index is 6.06. The molecule has 1 rings (SSSR count). The van der Waals surface area contributed by atoms with E-state index < -0.39 is 0 Å². The Morgan fingerprint density at radius 1 is 1.33 bits per heavy atom. The highest BCUT2D eigenvalue weighted by Crippen LogP contribution is 2.33. The first-order chi connectivity index (χ1) is 7.24. The smallest absolute Gasteiger partial charge is 0.0331 e. The number of rotatable bonds is 6. The van der Waals surface area contributed by atoms with E-state index in [0.29, 0.717) is 5.54 Å². The number of likely N-dealkylation sites (tertiary alicyclic amines) is 1. The molecule has 1 fully saturated rings. The van der Waals surface area contributed by atoms with Crippen molar-refractivity contribution in [3.8, 4) is 0 Å². The first-order valence-corrected chi connectivity index (χ1v) is 6.70. The van der Waals surface area contributed by atoms with Gasteiger partial charge in [0.2, 0.25) is 0 Å². The molecule has 15 heavy (non-hydrogen) atoms. The van der Waals surface area contributed by atoms with Crippen LogP contribution in [0.2, 0.25) is 0 Å². The van der Waals surface area contributed by atoms with Gasteiger partial charge in [-0.15, -0.1) is 0 Å². The third-order valence-corrected chi connectivity index (χ3v) is 4.21. The van der Waals surface area contributed by atoms with E-state index in [9.17, 15) is 0 Å². The van der Waals surface area contributed by atoms with E-state index in [1.165, 1.54) is 45.1 Å². The van der Waals surface area contributed by atoms with E-state index in [4.69, 9.17) is 5.73 Å². The van der Waals surface area contributed by atoms with Crippen molar-refractivity contribution in [1.82, 2.24) is 4.90 Å². The SMILES string of the molecule is CCCC(CC)(CN)N1CCCC1CC. The highest BCUT2D eigenvalue weighted by molar-refractivity contribution is 4.96. The van der Waals surface area contributed by atoms with Crippen LogP contribution in [-0.2, 0) is 0 Å². The molecule has 1 saturated heterocycles. The van der Waals surface area contributed by atoms with Crippen LogP contribution in [0.5, 0.6) is 0 Å². The summed E-state index contributed by atoms with van der Waals surface area (Å²) in [6, 6.07) is 0.792. The molecule has 0 aromatic heterocycles. The molecule has 0 bridgehead atoms. The first-order valence-electron chi connectivity index (χ1n) is 6.70. The molecular weight excluding hydrogens is 184 g/mol. The predicted octanol–water partition coefficient (Wildman–Crippen LogP) is 2.77. The van der Waals surface area contributed by atoms with Crippen LogP contribution in [0.4, 0.5) is 0 Å². The molecule has 2 heteroatoms. The van der Waals surface area contributed by atoms with Crippen LogP contribution in [0.1, 0.15) is 59.3 Å². The molecule has 0 aromatic rings. The fourth-order valence-corrected chi connectivity index (χ4v) is 3.24. The van der Waals surface area contributed by atoms with Crippen LogP contribution in [0.15, 0.2) is 0 Å². The lowest BCUT2D eigenvalue weighted by Crippen LogP contribution is -2.55. The summed E-state index contributed by atoms with van der Waals surface area (Å²) in [5.41, 5.74) is 6.36. The third-order valence-electron chi connectivity index (χ3n) is 4.21. The van der Waals surface area contributed by atoms with Gasteiger partial charge in [-0.3, -0.25) is 4.90 Å². The van der Waals surface area contributed by atoms with Crippen molar-refractivity contribution < 1.29 is 0 Å². The van der Waals surface area contributed by atoms with Gasteiger partial charge in [-0.05, 0) is 38.6 Å². The fraction of sp³-hybridized carbons (Fsp3) is 1.00. The van der Waals surface area contributed by atoms with Crippen molar-refractivity contribution in [2.24, 2.45) is 5.73 Å². The molecule has 0 saturated carbocycles. The Hall–Kier alpha value is -0.0800. The van der Waals surface area contributed by atoms with E-state index >= 15 is 0 Å². The van der Waals surface area contributed by atoms with Gasteiger partial charge in [0.05, 0.1) is 0 Å². The van der Waals surface area contributed by atoms with Gasteiger partial charge in [0.1, 0.15) is 0 Å². The second-order valence-corrected chi connectivity index (χ2v) is 4.93. The number of hydrogen-bond donors (Lipinski definition) is 1. The Morgan fingerprint density at radius 3 is 2.53 bits per heavy atom. The van der Waals surface area contributed by atoms with Gasteiger partial charge >= 0.3 is 0 Å². The van der Waals surface area contributed by atoms with Gasteiger partial charge in [-0.2, -0.15) is 0 Å². The second kappa shape index (κ2) is 5.86. The lowest BCUT2D eigenvalue weighted by atomic mass is 9.87. The Morgan fingerprint density at radius 2 is 2.07 bits per heavy atom. The second-order valence-electron chi connectivity index (χ2n) is 4.93. The van der Waals surface area contributed by atoms with Crippen LogP contribution in [0, 0.1) is 0 Å². The van der Waals surface area contributed by atoms with E-state index in [1.54, 1.807) is 0 Å². The van der Waals surface area contributed by atoms with Crippen molar-refractivity contribution in [3.05, 3.63) is 0 Å². The lowest BCUT2D eigenvalue weighted by Gasteiger charge is -2.44. The van der Waals surface area contributed by atoms with Crippen LogP contribution < -0.4 is 5.73 Å². The molecule has 0 amide bonds. The zero-order valence-corrected chi connectivity index (χ0v) is 10.8. The largest absolute Gasteiger partial charge is 0.329 e. The van der Waals surface area contributed by atoms with E-state index in [2.05, 4.69) is 25.7 Å². The summed E-state index contributed by atoms with van der Waals surface area (Å²) in [6.45, 7) is 8.98. The zero-order chi connectivity index (χ0) is 11.3. The lowest BCUT2D eigenvalue weighted by molar-refractivity contribution is 0.0651. The Bertz CT molecular complexity index is 175. The molecule has 0 aliphatic carbocycles. The molecule has 90 valence electrons. The summed E-state index contributed by atoms with van der Waals surface area (Å²) in [5, 5.41) is 0. The number of nitrogens with two attached hydrogens (primary N) is 1. The van der Waals surface area contributed by atoms with Crippen molar-refractivity contribution >= 4 is 0 Å².